The molecule has 3 aromatic rings. The molecule has 3 rings (SSSR count). The lowest BCUT2D eigenvalue weighted by molar-refractivity contribution is 0.252. The molecule has 0 radical (unpaired) electrons. The van der Waals surface area contributed by atoms with Crippen LogP contribution < -0.4 is 16.0 Å². The van der Waals surface area contributed by atoms with Crippen molar-refractivity contribution in [2.75, 3.05) is 23.7 Å². The van der Waals surface area contributed by atoms with Crippen LogP contribution >= 0.6 is 0 Å². The number of aromatic nitrogens is 4. The Morgan fingerprint density at radius 1 is 1.12 bits per heavy atom. The fourth-order valence-corrected chi connectivity index (χ4v) is 2.18. The normalized spacial score (nSPS) is 10.4. The number of nitrogens with one attached hydrogen (secondary N) is 3. The van der Waals surface area contributed by atoms with Crippen molar-refractivity contribution in [3.63, 3.8) is 0 Å². The summed E-state index contributed by atoms with van der Waals surface area (Å²) in [5.74, 6) is 0.712. The number of para-hydroxylation sites is 1. The second-order valence-electron chi connectivity index (χ2n) is 5.47. The number of anilines is 2. The fraction of sp³-hybridized carbons (Fsp3) is 0.176. The van der Waals surface area contributed by atoms with Crippen LogP contribution in [0.15, 0.2) is 48.7 Å². The molecule has 0 atom stereocenters. The molecule has 0 spiro atoms. The zero-order valence-corrected chi connectivity index (χ0v) is 14.1. The van der Waals surface area contributed by atoms with E-state index in [4.69, 9.17) is 0 Å². The molecule has 2 amide bonds. The quantitative estimate of drug-likeness (QED) is 0.590. The Bertz CT molecular complexity index is 879. The molecule has 0 saturated carbocycles. The zero-order valence-electron chi connectivity index (χ0n) is 14.1. The van der Waals surface area contributed by atoms with Gasteiger partial charge in [-0.25, -0.2) is 13.9 Å². The van der Waals surface area contributed by atoms with Crippen LogP contribution in [-0.2, 0) is 0 Å². The maximum atomic E-state index is 13.4. The maximum Gasteiger partial charge on any atom is 0.319 e. The number of nitrogens with zero attached hydrogens (tertiary/aromatic N) is 4. The third-order valence-electron chi connectivity index (χ3n) is 3.45. The average Bonchev–Trinajstić information content (AvgIpc) is 3.08. The van der Waals surface area contributed by atoms with Crippen molar-refractivity contribution in [3.8, 4) is 5.82 Å². The third-order valence-corrected chi connectivity index (χ3v) is 3.45. The van der Waals surface area contributed by atoms with Gasteiger partial charge in [0.15, 0.2) is 5.82 Å². The molecule has 2 aromatic heterocycles. The van der Waals surface area contributed by atoms with Gasteiger partial charge in [-0.1, -0.05) is 12.1 Å². The van der Waals surface area contributed by atoms with Gasteiger partial charge in [0.2, 0.25) is 0 Å². The summed E-state index contributed by atoms with van der Waals surface area (Å²) >= 11 is 0. The van der Waals surface area contributed by atoms with E-state index in [1.165, 1.54) is 12.1 Å². The van der Waals surface area contributed by atoms with Crippen LogP contribution in [0.1, 0.15) is 5.69 Å². The molecule has 0 unspecified atom stereocenters. The summed E-state index contributed by atoms with van der Waals surface area (Å²) < 4.78 is 15.1. The largest absolute Gasteiger partial charge is 0.367 e. The molecule has 3 N–H and O–H groups in total. The first-order valence-corrected chi connectivity index (χ1v) is 8.01. The maximum absolute atomic E-state index is 13.4. The summed E-state index contributed by atoms with van der Waals surface area (Å²) in [6.45, 7) is 2.68. The van der Waals surface area contributed by atoms with E-state index in [-0.39, 0.29) is 5.69 Å². The lowest BCUT2D eigenvalue weighted by Gasteiger charge is -2.09. The van der Waals surface area contributed by atoms with Crippen molar-refractivity contribution >= 4 is 17.5 Å². The number of amides is 2. The number of benzene rings is 1. The van der Waals surface area contributed by atoms with Crippen LogP contribution in [0, 0.1) is 12.7 Å². The van der Waals surface area contributed by atoms with Crippen LogP contribution in [0.2, 0.25) is 0 Å². The zero-order chi connectivity index (χ0) is 18.4. The number of urea groups is 1. The Labute approximate surface area is 149 Å². The van der Waals surface area contributed by atoms with Crippen molar-refractivity contribution in [2.24, 2.45) is 0 Å². The lowest BCUT2D eigenvalue weighted by Crippen LogP contribution is -2.33. The number of carbonyl (C=O) groups is 1. The van der Waals surface area contributed by atoms with Crippen LogP contribution in [-0.4, -0.2) is 39.1 Å². The summed E-state index contributed by atoms with van der Waals surface area (Å²) in [5.41, 5.74) is 1.03. The number of hydrogen-bond acceptors (Lipinski definition) is 5. The number of halogens is 1. The van der Waals surface area contributed by atoms with Gasteiger partial charge in [-0.2, -0.15) is 5.10 Å². The van der Waals surface area contributed by atoms with E-state index in [9.17, 15) is 9.18 Å². The SMILES string of the molecule is Cc1ccn(-c2ccc(NCCNC(=O)Nc3ccccc3F)nn2)n1. The van der Waals surface area contributed by atoms with Crippen LogP contribution in [0.3, 0.4) is 0 Å². The molecule has 8 nitrogen and oxygen atoms in total. The van der Waals surface area contributed by atoms with Gasteiger partial charge in [-0.15, -0.1) is 10.2 Å². The molecule has 0 saturated heterocycles. The highest BCUT2D eigenvalue weighted by atomic mass is 19.1. The van der Waals surface area contributed by atoms with Gasteiger partial charge in [-0.3, -0.25) is 0 Å². The van der Waals surface area contributed by atoms with Crippen molar-refractivity contribution in [1.82, 2.24) is 25.3 Å². The Kier molecular flexibility index (Phi) is 5.37. The van der Waals surface area contributed by atoms with Gasteiger partial charge >= 0.3 is 6.03 Å². The fourth-order valence-electron chi connectivity index (χ4n) is 2.18. The molecule has 134 valence electrons. The molecule has 0 aliphatic carbocycles. The van der Waals surface area contributed by atoms with E-state index in [0.29, 0.717) is 24.7 Å². The Morgan fingerprint density at radius 2 is 1.96 bits per heavy atom. The first-order valence-electron chi connectivity index (χ1n) is 8.01. The van der Waals surface area contributed by atoms with Gasteiger partial charge in [-0.05, 0) is 37.3 Å². The third kappa shape index (κ3) is 4.53. The molecular weight excluding hydrogens is 337 g/mol. The smallest absolute Gasteiger partial charge is 0.319 e. The van der Waals surface area contributed by atoms with Gasteiger partial charge < -0.3 is 16.0 Å². The van der Waals surface area contributed by atoms with Crippen molar-refractivity contribution < 1.29 is 9.18 Å². The Morgan fingerprint density at radius 3 is 2.65 bits per heavy atom. The minimum atomic E-state index is -0.483. The first-order chi connectivity index (χ1) is 12.6. The lowest BCUT2D eigenvalue weighted by atomic mass is 10.3. The van der Waals surface area contributed by atoms with Crippen molar-refractivity contribution in [2.45, 2.75) is 6.92 Å². The van der Waals surface area contributed by atoms with Gasteiger partial charge in [0.25, 0.3) is 0 Å². The van der Waals surface area contributed by atoms with E-state index >= 15 is 0 Å². The minimum absolute atomic E-state index is 0.133. The van der Waals surface area contributed by atoms with Crippen LogP contribution in [0.4, 0.5) is 20.7 Å². The standard InChI is InChI=1S/C17H18FN7O/c1-12-8-11-25(24-12)16-7-6-15(22-23-16)19-9-10-20-17(26)21-14-5-3-2-4-13(14)18/h2-8,11H,9-10H2,1H3,(H,19,22)(H2,20,21,26). The average molecular weight is 355 g/mol. The number of carbonyl (C=O) groups excluding carboxylic acids is 1. The summed E-state index contributed by atoms with van der Waals surface area (Å²) in [4.78, 5) is 11.7. The predicted octanol–water partition coefficient (Wildman–Crippen LogP) is 2.34. The second kappa shape index (κ2) is 8.06. The molecule has 9 heteroatoms. The van der Waals surface area contributed by atoms with Crippen LogP contribution in [0.25, 0.3) is 5.82 Å². The van der Waals surface area contributed by atoms with E-state index in [2.05, 4.69) is 31.2 Å². The topological polar surface area (TPSA) is 96.8 Å². The van der Waals surface area contributed by atoms with Gasteiger partial charge in [0.05, 0.1) is 11.4 Å². The highest BCUT2D eigenvalue weighted by Crippen LogP contribution is 2.11. The predicted molar refractivity (Wildman–Crippen MR) is 95.8 cm³/mol. The molecular formula is C17H18FN7O. The van der Waals surface area contributed by atoms with Crippen molar-refractivity contribution in [1.29, 1.82) is 0 Å². The molecule has 0 aliphatic heterocycles. The highest BCUT2D eigenvalue weighted by Gasteiger charge is 2.05. The van der Waals surface area contributed by atoms with Gasteiger partial charge in [0, 0.05) is 19.3 Å². The Balaban J connectivity index is 1.42. The second-order valence-corrected chi connectivity index (χ2v) is 5.47. The monoisotopic (exact) mass is 355 g/mol. The highest BCUT2D eigenvalue weighted by molar-refractivity contribution is 5.89. The molecule has 0 aliphatic rings. The number of hydrogen-bond donors (Lipinski definition) is 3. The molecule has 2 heterocycles. The Hall–Kier alpha value is -3.49. The number of rotatable bonds is 6. The van der Waals surface area contributed by atoms with Crippen LogP contribution in [0.5, 0.6) is 0 Å². The first kappa shape index (κ1) is 17.3. The van der Waals surface area contributed by atoms with E-state index in [1.807, 2.05) is 19.2 Å². The summed E-state index contributed by atoms with van der Waals surface area (Å²) in [6, 6.07) is 10.9. The molecule has 26 heavy (non-hydrogen) atoms. The van der Waals surface area contributed by atoms with E-state index < -0.39 is 11.8 Å². The van der Waals surface area contributed by atoms with E-state index in [0.717, 1.165) is 5.69 Å². The van der Waals surface area contributed by atoms with Gasteiger partial charge in [0.1, 0.15) is 11.6 Å². The van der Waals surface area contributed by atoms with E-state index in [1.54, 1.807) is 28.9 Å². The molecule has 1 aromatic carbocycles. The summed E-state index contributed by atoms with van der Waals surface area (Å²) in [6.07, 6.45) is 1.81. The summed E-state index contributed by atoms with van der Waals surface area (Å²) in [7, 11) is 0. The van der Waals surface area contributed by atoms with Crippen molar-refractivity contribution in [3.05, 3.63) is 60.2 Å². The summed E-state index contributed by atoms with van der Waals surface area (Å²) in [5, 5.41) is 20.5. The molecule has 0 fully saturated rings. The minimum Gasteiger partial charge on any atom is -0.367 e. The molecule has 0 bridgehead atoms. The number of aryl methyl sites for hydroxylation is 1.